The smallest absolute Gasteiger partial charge is 0.194 e. The van der Waals surface area contributed by atoms with E-state index in [1.807, 2.05) is 36.4 Å². The Morgan fingerprint density at radius 1 is 0.872 bits per heavy atom. The number of ether oxygens (including phenoxy) is 6. The molecule has 3 unspecified atom stereocenters. The number of fused-ring (bicyclic) bond motifs is 1. The predicted molar refractivity (Wildman–Crippen MR) is 150 cm³/mol. The fraction of sp³-hybridized carbons (Fsp3) is 0.438. The summed E-state index contributed by atoms with van der Waals surface area (Å²) >= 11 is 0. The van der Waals surface area contributed by atoms with Gasteiger partial charge in [0.25, 0.3) is 0 Å². The Labute approximate surface area is 231 Å². The summed E-state index contributed by atoms with van der Waals surface area (Å²) in [4.78, 5) is 0. The van der Waals surface area contributed by atoms with Gasteiger partial charge in [-0.3, -0.25) is 0 Å². The summed E-state index contributed by atoms with van der Waals surface area (Å²) in [6.45, 7) is 4.89. The van der Waals surface area contributed by atoms with E-state index < -0.39 is 6.29 Å². The zero-order valence-electron chi connectivity index (χ0n) is 23.4. The minimum atomic E-state index is -0.816. The Bertz CT molecular complexity index is 1160. The highest BCUT2D eigenvalue weighted by molar-refractivity contribution is 5.48. The fourth-order valence-corrected chi connectivity index (χ4v) is 5.24. The first-order valence-corrected chi connectivity index (χ1v) is 13.5. The standard InChI is InChI=1S/C32H40O7/c1-23(33)39-27-13-9-24(10-14-27)7-5-6-8-30-29-18-17-28(38-22-35-4)19-31(29)36-20-32(30,2)25-11-15-26(16-12-25)37-21-34-3/h9-19,23,30,33H,5-8,20-22H2,1-4H3. The van der Waals surface area contributed by atoms with Gasteiger partial charge in [-0.05, 0) is 73.2 Å². The topological polar surface area (TPSA) is 75.6 Å². The van der Waals surface area contributed by atoms with Gasteiger partial charge in [0, 0.05) is 31.6 Å². The molecule has 0 fully saturated rings. The fourth-order valence-electron chi connectivity index (χ4n) is 5.24. The summed E-state index contributed by atoms with van der Waals surface area (Å²) in [6, 6.07) is 22.3. The lowest BCUT2D eigenvalue weighted by Crippen LogP contribution is -2.40. The Morgan fingerprint density at radius 3 is 2.18 bits per heavy atom. The molecule has 1 aliphatic rings. The van der Waals surface area contributed by atoms with Crippen LogP contribution < -0.4 is 18.9 Å². The predicted octanol–water partition coefficient (Wildman–Crippen LogP) is 6.22. The van der Waals surface area contributed by atoms with Gasteiger partial charge in [-0.15, -0.1) is 0 Å². The normalized spacial score (nSPS) is 19.1. The van der Waals surface area contributed by atoms with Crippen LogP contribution in [0.25, 0.3) is 0 Å². The van der Waals surface area contributed by atoms with Gasteiger partial charge in [0.1, 0.15) is 23.0 Å². The van der Waals surface area contributed by atoms with Crippen molar-refractivity contribution in [3.63, 3.8) is 0 Å². The molecular formula is C32H40O7. The maximum absolute atomic E-state index is 9.41. The number of benzene rings is 3. The Kier molecular flexibility index (Phi) is 10.1. The summed E-state index contributed by atoms with van der Waals surface area (Å²) in [5.74, 6) is 3.34. The third-order valence-electron chi connectivity index (χ3n) is 7.30. The van der Waals surface area contributed by atoms with Gasteiger partial charge in [0.2, 0.25) is 0 Å². The second kappa shape index (κ2) is 13.7. The third kappa shape index (κ3) is 7.44. The van der Waals surface area contributed by atoms with Crippen LogP contribution >= 0.6 is 0 Å². The van der Waals surface area contributed by atoms with E-state index in [-0.39, 0.29) is 24.9 Å². The van der Waals surface area contributed by atoms with Crippen molar-refractivity contribution in [3.05, 3.63) is 83.4 Å². The molecule has 7 heteroatoms. The van der Waals surface area contributed by atoms with Gasteiger partial charge in [0.05, 0.1) is 6.61 Å². The first-order chi connectivity index (χ1) is 18.9. The number of rotatable bonds is 14. The molecule has 0 saturated heterocycles. The zero-order chi connectivity index (χ0) is 27.7. The third-order valence-corrected chi connectivity index (χ3v) is 7.30. The van der Waals surface area contributed by atoms with Crippen molar-refractivity contribution in [2.75, 3.05) is 34.4 Å². The number of aliphatic hydroxyl groups is 1. The highest BCUT2D eigenvalue weighted by atomic mass is 16.7. The van der Waals surface area contributed by atoms with E-state index in [9.17, 15) is 5.11 Å². The highest BCUT2D eigenvalue weighted by Crippen LogP contribution is 2.50. The lowest BCUT2D eigenvalue weighted by Gasteiger charge is -2.43. The molecule has 1 N–H and O–H groups in total. The average molecular weight is 537 g/mol. The van der Waals surface area contributed by atoms with Crippen molar-refractivity contribution in [1.29, 1.82) is 0 Å². The quantitative estimate of drug-likeness (QED) is 0.194. The van der Waals surface area contributed by atoms with Crippen LogP contribution in [-0.2, 0) is 21.3 Å². The van der Waals surface area contributed by atoms with Gasteiger partial charge >= 0.3 is 0 Å². The van der Waals surface area contributed by atoms with Crippen molar-refractivity contribution in [2.45, 2.75) is 57.2 Å². The minimum absolute atomic E-state index is 0.198. The van der Waals surface area contributed by atoms with E-state index in [1.54, 1.807) is 21.1 Å². The second-order valence-electron chi connectivity index (χ2n) is 10.2. The SMILES string of the molecule is COCOc1ccc(C2(C)COc3cc(OCOC)ccc3C2CCCCc2ccc(OC(C)O)cc2)cc1. The van der Waals surface area contributed by atoms with E-state index in [2.05, 4.69) is 37.3 Å². The van der Waals surface area contributed by atoms with Gasteiger partial charge in [0.15, 0.2) is 19.9 Å². The summed E-state index contributed by atoms with van der Waals surface area (Å²) in [6.07, 6.45) is 3.33. The van der Waals surface area contributed by atoms with Gasteiger partial charge in [-0.25, -0.2) is 0 Å². The summed E-state index contributed by atoms with van der Waals surface area (Å²) in [7, 11) is 3.23. The van der Waals surface area contributed by atoms with Gasteiger partial charge in [-0.2, -0.15) is 0 Å². The number of aliphatic hydroxyl groups excluding tert-OH is 1. The number of hydrogen-bond acceptors (Lipinski definition) is 7. The molecule has 0 spiro atoms. The van der Waals surface area contributed by atoms with Crippen molar-refractivity contribution in [1.82, 2.24) is 0 Å². The van der Waals surface area contributed by atoms with Crippen LogP contribution in [0.5, 0.6) is 23.0 Å². The van der Waals surface area contributed by atoms with E-state index in [0.29, 0.717) is 12.4 Å². The summed E-state index contributed by atoms with van der Waals surface area (Å²) in [5.41, 5.74) is 3.47. The Balaban J connectivity index is 1.49. The van der Waals surface area contributed by atoms with Crippen LogP contribution in [0.15, 0.2) is 66.7 Å². The van der Waals surface area contributed by atoms with Crippen molar-refractivity contribution >= 4 is 0 Å². The van der Waals surface area contributed by atoms with Crippen molar-refractivity contribution < 1.29 is 33.5 Å². The molecule has 1 aliphatic heterocycles. The van der Waals surface area contributed by atoms with E-state index in [0.717, 1.165) is 42.9 Å². The van der Waals surface area contributed by atoms with Gasteiger partial charge in [-0.1, -0.05) is 43.7 Å². The van der Waals surface area contributed by atoms with Crippen LogP contribution in [0.2, 0.25) is 0 Å². The number of hydrogen-bond donors (Lipinski definition) is 1. The molecular weight excluding hydrogens is 496 g/mol. The molecule has 0 saturated carbocycles. The zero-order valence-corrected chi connectivity index (χ0v) is 23.4. The van der Waals surface area contributed by atoms with Crippen LogP contribution in [0.1, 0.15) is 55.7 Å². The average Bonchev–Trinajstić information content (AvgIpc) is 2.94. The molecule has 4 rings (SSSR count). The van der Waals surface area contributed by atoms with Crippen LogP contribution in [0.4, 0.5) is 0 Å². The Hall–Kier alpha value is -3.26. The molecule has 0 aromatic heterocycles. The maximum Gasteiger partial charge on any atom is 0.194 e. The summed E-state index contributed by atoms with van der Waals surface area (Å²) in [5, 5.41) is 9.41. The molecule has 0 radical (unpaired) electrons. The van der Waals surface area contributed by atoms with Gasteiger partial charge < -0.3 is 33.5 Å². The Morgan fingerprint density at radius 2 is 1.51 bits per heavy atom. The molecule has 0 bridgehead atoms. The number of methoxy groups -OCH3 is 2. The molecule has 3 atom stereocenters. The molecule has 7 nitrogen and oxygen atoms in total. The first kappa shape index (κ1) is 28.7. The minimum Gasteiger partial charge on any atom is -0.492 e. The number of unbranched alkanes of at least 4 members (excludes halogenated alkanes) is 1. The molecule has 3 aromatic carbocycles. The molecule has 1 heterocycles. The van der Waals surface area contributed by atoms with Crippen LogP contribution in [0.3, 0.4) is 0 Å². The molecule has 0 aliphatic carbocycles. The van der Waals surface area contributed by atoms with Crippen molar-refractivity contribution in [3.8, 4) is 23.0 Å². The van der Waals surface area contributed by atoms with Crippen LogP contribution in [-0.4, -0.2) is 45.8 Å². The van der Waals surface area contributed by atoms with Crippen molar-refractivity contribution in [2.24, 2.45) is 0 Å². The second-order valence-corrected chi connectivity index (χ2v) is 10.2. The lowest BCUT2D eigenvalue weighted by atomic mass is 9.66. The molecule has 0 amide bonds. The summed E-state index contributed by atoms with van der Waals surface area (Å²) < 4.78 is 33.1. The highest BCUT2D eigenvalue weighted by Gasteiger charge is 2.42. The molecule has 39 heavy (non-hydrogen) atoms. The maximum atomic E-state index is 9.41. The monoisotopic (exact) mass is 536 g/mol. The largest absolute Gasteiger partial charge is 0.492 e. The van der Waals surface area contributed by atoms with Crippen LogP contribution in [0, 0.1) is 0 Å². The van der Waals surface area contributed by atoms with E-state index in [4.69, 9.17) is 28.4 Å². The lowest BCUT2D eigenvalue weighted by molar-refractivity contribution is -0.000309. The first-order valence-electron chi connectivity index (χ1n) is 13.5. The molecule has 210 valence electrons. The number of aryl methyl sites for hydroxylation is 1. The molecule has 3 aromatic rings. The van der Waals surface area contributed by atoms with E-state index >= 15 is 0 Å². The van der Waals surface area contributed by atoms with E-state index in [1.165, 1.54) is 16.7 Å².